The van der Waals surface area contributed by atoms with Gasteiger partial charge in [-0.3, -0.25) is 9.89 Å². The van der Waals surface area contributed by atoms with Gasteiger partial charge in [-0.1, -0.05) is 0 Å². The Morgan fingerprint density at radius 3 is 2.94 bits per heavy atom. The van der Waals surface area contributed by atoms with Gasteiger partial charge in [0.1, 0.15) is 12.1 Å². The largest absolute Gasteiger partial charge is 0.319 e. The number of aryl methyl sites for hydroxylation is 1. The van der Waals surface area contributed by atoms with Crippen molar-refractivity contribution in [3.8, 4) is 0 Å². The minimum atomic E-state index is -0.410. The molecule has 0 aliphatic heterocycles. The molecule has 0 spiro atoms. The van der Waals surface area contributed by atoms with Gasteiger partial charge in [-0.15, -0.1) is 0 Å². The number of aromatic amines is 1. The van der Waals surface area contributed by atoms with Crippen LogP contribution in [0.2, 0.25) is 0 Å². The fourth-order valence-electron chi connectivity index (χ4n) is 1.26. The van der Waals surface area contributed by atoms with Crippen LogP contribution in [-0.2, 0) is 0 Å². The number of rotatable bonds is 2. The van der Waals surface area contributed by atoms with Crippen LogP contribution < -0.4 is 5.32 Å². The second kappa shape index (κ2) is 4.09. The van der Waals surface area contributed by atoms with E-state index >= 15 is 0 Å². The molecule has 0 aliphatic carbocycles. The highest BCUT2D eigenvalue weighted by molar-refractivity contribution is 6.01. The van der Waals surface area contributed by atoms with E-state index < -0.39 is 5.91 Å². The molecule has 0 fully saturated rings. The third-order valence-electron chi connectivity index (χ3n) is 2.07. The molecule has 2 N–H and O–H groups in total. The summed E-state index contributed by atoms with van der Waals surface area (Å²) >= 11 is 0. The highest BCUT2D eigenvalue weighted by atomic mass is 19.1. The van der Waals surface area contributed by atoms with Crippen LogP contribution in [0.15, 0.2) is 24.5 Å². The number of nitrogens with zero attached hydrogens (tertiary/aromatic N) is 2. The molecule has 0 radical (unpaired) electrons. The number of carbonyl (C=O) groups excluding carboxylic acids is 1. The zero-order valence-electron chi connectivity index (χ0n) is 8.49. The van der Waals surface area contributed by atoms with E-state index in [1.165, 1.54) is 24.5 Å². The average Bonchev–Trinajstić information content (AvgIpc) is 2.75. The summed E-state index contributed by atoms with van der Waals surface area (Å²) in [5.74, 6) is -0.633. The number of nitrogens with one attached hydrogen (secondary N) is 2. The summed E-state index contributed by atoms with van der Waals surface area (Å²) in [5, 5.41) is 8.61. The molecule has 1 aromatic carbocycles. The number of hydrogen-bond acceptors (Lipinski definition) is 3. The lowest BCUT2D eigenvalue weighted by Gasteiger charge is -2.06. The molecule has 6 heteroatoms. The van der Waals surface area contributed by atoms with Crippen LogP contribution in [0.5, 0.6) is 0 Å². The van der Waals surface area contributed by atoms with E-state index in [1.54, 1.807) is 6.92 Å². The molecule has 0 bridgehead atoms. The van der Waals surface area contributed by atoms with Gasteiger partial charge in [0.15, 0.2) is 0 Å². The lowest BCUT2D eigenvalue weighted by molar-refractivity contribution is 0.101. The Bertz CT molecular complexity index is 510. The van der Waals surface area contributed by atoms with Gasteiger partial charge in [-0.25, -0.2) is 9.37 Å². The van der Waals surface area contributed by atoms with E-state index in [2.05, 4.69) is 20.5 Å². The smallest absolute Gasteiger partial charge is 0.292 e. The first-order valence-electron chi connectivity index (χ1n) is 4.59. The summed E-state index contributed by atoms with van der Waals surface area (Å²) in [6, 6.07) is 4.12. The Balaban J connectivity index is 2.18. The molecule has 0 saturated carbocycles. The molecule has 1 heterocycles. The van der Waals surface area contributed by atoms with Gasteiger partial charge < -0.3 is 5.32 Å². The number of aromatic nitrogens is 3. The van der Waals surface area contributed by atoms with E-state index in [-0.39, 0.29) is 11.6 Å². The fourth-order valence-corrected chi connectivity index (χ4v) is 1.26. The van der Waals surface area contributed by atoms with Crippen molar-refractivity contribution in [2.75, 3.05) is 5.32 Å². The quantitative estimate of drug-likeness (QED) is 0.805. The number of H-pyrrole nitrogens is 1. The third-order valence-corrected chi connectivity index (χ3v) is 2.07. The molecule has 1 aromatic heterocycles. The highest BCUT2D eigenvalue weighted by Gasteiger charge is 2.10. The van der Waals surface area contributed by atoms with Crippen molar-refractivity contribution in [3.63, 3.8) is 0 Å². The maximum absolute atomic E-state index is 12.8. The summed E-state index contributed by atoms with van der Waals surface area (Å²) in [4.78, 5) is 15.3. The van der Waals surface area contributed by atoms with Gasteiger partial charge in [0, 0.05) is 5.69 Å². The van der Waals surface area contributed by atoms with Crippen molar-refractivity contribution in [1.82, 2.24) is 15.2 Å². The van der Waals surface area contributed by atoms with Gasteiger partial charge in [0.2, 0.25) is 5.82 Å². The van der Waals surface area contributed by atoms with Crippen molar-refractivity contribution >= 4 is 11.6 Å². The second-order valence-electron chi connectivity index (χ2n) is 3.25. The molecule has 82 valence electrons. The maximum Gasteiger partial charge on any atom is 0.292 e. The Hall–Kier alpha value is -2.24. The number of benzene rings is 1. The van der Waals surface area contributed by atoms with E-state index in [0.29, 0.717) is 11.3 Å². The number of halogens is 1. The zero-order chi connectivity index (χ0) is 11.5. The molecule has 0 unspecified atom stereocenters. The van der Waals surface area contributed by atoms with Crippen molar-refractivity contribution in [2.45, 2.75) is 6.92 Å². The summed E-state index contributed by atoms with van der Waals surface area (Å²) in [5.41, 5.74) is 1.19. The van der Waals surface area contributed by atoms with E-state index in [0.717, 1.165) is 0 Å². The SMILES string of the molecule is Cc1cc(F)ccc1NC(=O)c1ncn[nH]1. The molecular formula is C10H9FN4O. The van der Waals surface area contributed by atoms with Crippen LogP contribution in [-0.4, -0.2) is 21.1 Å². The minimum absolute atomic E-state index is 0.115. The van der Waals surface area contributed by atoms with Crippen molar-refractivity contribution in [1.29, 1.82) is 0 Å². The Labute approximate surface area is 90.7 Å². The molecule has 1 amide bonds. The number of amides is 1. The lowest BCUT2D eigenvalue weighted by atomic mass is 10.2. The van der Waals surface area contributed by atoms with Crippen LogP contribution >= 0.6 is 0 Å². The molecular weight excluding hydrogens is 211 g/mol. The molecule has 16 heavy (non-hydrogen) atoms. The Morgan fingerprint density at radius 2 is 2.31 bits per heavy atom. The van der Waals surface area contributed by atoms with Crippen molar-refractivity contribution in [2.24, 2.45) is 0 Å². The van der Waals surface area contributed by atoms with E-state index in [1.807, 2.05) is 0 Å². The van der Waals surface area contributed by atoms with Crippen LogP contribution in [0.1, 0.15) is 16.2 Å². The van der Waals surface area contributed by atoms with Gasteiger partial charge in [0.25, 0.3) is 5.91 Å². The van der Waals surface area contributed by atoms with Crippen LogP contribution in [0.3, 0.4) is 0 Å². The van der Waals surface area contributed by atoms with Crippen LogP contribution in [0.4, 0.5) is 10.1 Å². The molecule has 0 atom stereocenters. The van der Waals surface area contributed by atoms with Gasteiger partial charge in [-0.05, 0) is 30.7 Å². The second-order valence-corrected chi connectivity index (χ2v) is 3.25. The Kier molecular flexibility index (Phi) is 2.63. The number of hydrogen-bond donors (Lipinski definition) is 2. The predicted molar refractivity (Wildman–Crippen MR) is 55.5 cm³/mol. The van der Waals surface area contributed by atoms with Gasteiger partial charge in [-0.2, -0.15) is 5.10 Å². The van der Waals surface area contributed by atoms with Crippen molar-refractivity contribution < 1.29 is 9.18 Å². The molecule has 2 rings (SSSR count). The molecule has 2 aromatic rings. The normalized spacial score (nSPS) is 10.1. The average molecular weight is 220 g/mol. The first-order chi connectivity index (χ1) is 7.66. The summed E-state index contributed by atoms with van der Waals surface area (Å²) in [6.45, 7) is 1.71. The monoisotopic (exact) mass is 220 g/mol. The zero-order valence-corrected chi connectivity index (χ0v) is 8.49. The first kappa shape index (κ1) is 10.3. The lowest BCUT2D eigenvalue weighted by Crippen LogP contribution is -2.14. The minimum Gasteiger partial charge on any atom is -0.319 e. The summed E-state index contributed by atoms with van der Waals surface area (Å²) < 4.78 is 12.8. The highest BCUT2D eigenvalue weighted by Crippen LogP contribution is 2.15. The van der Waals surface area contributed by atoms with Crippen molar-refractivity contribution in [3.05, 3.63) is 41.7 Å². The number of carbonyl (C=O) groups is 1. The van der Waals surface area contributed by atoms with E-state index in [9.17, 15) is 9.18 Å². The van der Waals surface area contributed by atoms with Gasteiger partial charge in [0.05, 0.1) is 0 Å². The van der Waals surface area contributed by atoms with E-state index in [4.69, 9.17) is 0 Å². The van der Waals surface area contributed by atoms with Crippen LogP contribution in [0, 0.1) is 12.7 Å². The fraction of sp³-hybridized carbons (Fsp3) is 0.100. The van der Waals surface area contributed by atoms with Gasteiger partial charge >= 0.3 is 0 Å². The third kappa shape index (κ3) is 2.05. The predicted octanol–water partition coefficient (Wildman–Crippen LogP) is 1.50. The topological polar surface area (TPSA) is 70.7 Å². The molecule has 0 saturated heterocycles. The Morgan fingerprint density at radius 1 is 1.50 bits per heavy atom. The first-order valence-corrected chi connectivity index (χ1v) is 4.59. The summed E-state index contributed by atoms with van der Waals surface area (Å²) in [7, 11) is 0. The maximum atomic E-state index is 12.8. The molecule has 0 aliphatic rings. The standard InChI is InChI=1S/C10H9FN4O/c1-6-4-7(11)2-3-8(6)14-10(16)9-12-5-13-15-9/h2-5H,1H3,(H,14,16)(H,12,13,15). The molecule has 5 nitrogen and oxygen atoms in total. The number of anilines is 1. The van der Waals surface area contributed by atoms with Crippen LogP contribution in [0.25, 0.3) is 0 Å². The summed E-state index contributed by atoms with van der Waals surface area (Å²) in [6.07, 6.45) is 1.24.